The summed E-state index contributed by atoms with van der Waals surface area (Å²) in [4.78, 5) is 14.5. The zero-order chi connectivity index (χ0) is 23.3. The van der Waals surface area contributed by atoms with Gasteiger partial charge in [0.05, 0.1) is 11.4 Å². The molecule has 32 heavy (non-hydrogen) atoms. The molecule has 170 valence electrons. The number of rotatable bonds is 10. The lowest BCUT2D eigenvalue weighted by Crippen LogP contribution is -2.25. The summed E-state index contributed by atoms with van der Waals surface area (Å²) in [6, 6.07) is 11.6. The van der Waals surface area contributed by atoms with Crippen LogP contribution >= 0.6 is 23.2 Å². The number of aromatic nitrogens is 2. The number of nitrogens with one attached hydrogen (secondary N) is 2. The first kappa shape index (κ1) is 24.0. The highest BCUT2D eigenvalue weighted by molar-refractivity contribution is 7.89. The van der Waals surface area contributed by atoms with E-state index in [9.17, 15) is 18.5 Å². The van der Waals surface area contributed by atoms with Crippen molar-refractivity contribution in [2.75, 3.05) is 11.9 Å². The average molecular weight is 498 g/mol. The molecule has 2 N–H and O–H groups in total. The Morgan fingerprint density at radius 2 is 1.88 bits per heavy atom. The number of nitro groups is 1. The van der Waals surface area contributed by atoms with Crippen LogP contribution < -0.4 is 10.0 Å². The molecule has 0 amide bonds. The highest BCUT2D eigenvalue weighted by Gasteiger charge is 2.18. The normalized spacial score (nSPS) is 11.5. The summed E-state index contributed by atoms with van der Waals surface area (Å²) >= 11 is 12.0. The van der Waals surface area contributed by atoms with Gasteiger partial charge in [0.2, 0.25) is 10.0 Å². The lowest BCUT2D eigenvalue weighted by Gasteiger charge is -2.10. The molecule has 3 rings (SSSR count). The second-order valence-electron chi connectivity index (χ2n) is 6.94. The summed E-state index contributed by atoms with van der Waals surface area (Å²) in [6.07, 6.45) is 1.56. The maximum Gasteiger partial charge on any atom is 0.342 e. The van der Waals surface area contributed by atoms with Gasteiger partial charge in [0.15, 0.2) is 5.82 Å². The Balaban J connectivity index is 1.53. The Labute approximate surface area is 195 Å². The van der Waals surface area contributed by atoms with Gasteiger partial charge in [-0.1, -0.05) is 29.3 Å². The predicted octanol–water partition coefficient (Wildman–Crippen LogP) is 4.39. The van der Waals surface area contributed by atoms with Gasteiger partial charge in [0, 0.05) is 35.7 Å². The lowest BCUT2D eigenvalue weighted by molar-refractivity contribution is -0.392. The molecule has 1 aromatic heterocycles. The molecule has 0 aliphatic rings. The first-order valence-electron chi connectivity index (χ1n) is 9.61. The molecular formula is C20H21Cl2N5O4S. The fraction of sp³-hybridized carbons (Fsp3) is 0.250. The Morgan fingerprint density at radius 3 is 2.53 bits per heavy atom. The molecule has 0 bridgehead atoms. The van der Waals surface area contributed by atoms with E-state index in [0.717, 1.165) is 11.3 Å². The molecule has 0 fully saturated rings. The Bertz CT molecular complexity index is 1210. The van der Waals surface area contributed by atoms with Crippen molar-refractivity contribution in [3.8, 4) is 0 Å². The number of imidazole rings is 1. The summed E-state index contributed by atoms with van der Waals surface area (Å²) < 4.78 is 29.0. The van der Waals surface area contributed by atoms with Gasteiger partial charge in [-0.3, -0.25) is 0 Å². The molecule has 9 nitrogen and oxygen atoms in total. The van der Waals surface area contributed by atoms with E-state index >= 15 is 0 Å². The molecule has 0 spiro atoms. The van der Waals surface area contributed by atoms with Gasteiger partial charge >= 0.3 is 5.82 Å². The van der Waals surface area contributed by atoms with Gasteiger partial charge < -0.3 is 15.4 Å². The molecule has 0 unspecified atom stereocenters. The Morgan fingerprint density at radius 1 is 1.16 bits per heavy atom. The largest absolute Gasteiger partial charge is 0.381 e. The predicted molar refractivity (Wildman–Crippen MR) is 124 cm³/mol. The lowest BCUT2D eigenvalue weighted by atomic mass is 10.2. The first-order valence-corrected chi connectivity index (χ1v) is 11.9. The van der Waals surface area contributed by atoms with Gasteiger partial charge in [-0.25, -0.2) is 22.7 Å². The van der Waals surface area contributed by atoms with Crippen LogP contribution in [0.15, 0.2) is 53.6 Å². The van der Waals surface area contributed by atoms with Crippen LogP contribution in [0.4, 0.5) is 11.5 Å². The fourth-order valence-electron chi connectivity index (χ4n) is 3.02. The number of halogens is 2. The SMILES string of the molecule is Cc1ncc([N+](=O)[O-])n1CCCNS(=O)(=O)c1ccc(NCc2ccc(Cl)cc2Cl)cc1. The van der Waals surface area contributed by atoms with E-state index in [1.807, 2.05) is 6.07 Å². The monoisotopic (exact) mass is 497 g/mol. The molecular weight excluding hydrogens is 477 g/mol. The summed E-state index contributed by atoms with van der Waals surface area (Å²) in [5.41, 5.74) is 1.60. The Kier molecular flexibility index (Phi) is 7.73. The van der Waals surface area contributed by atoms with Crippen molar-refractivity contribution >= 4 is 44.7 Å². The van der Waals surface area contributed by atoms with Crippen LogP contribution in [0.1, 0.15) is 17.8 Å². The van der Waals surface area contributed by atoms with E-state index in [-0.39, 0.29) is 23.8 Å². The molecule has 2 aromatic carbocycles. The smallest absolute Gasteiger partial charge is 0.342 e. The highest BCUT2D eigenvalue weighted by Crippen LogP contribution is 2.22. The molecule has 0 aliphatic carbocycles. The molecule has 0 saturated carbocycles. The number of hydrogen-bond acceptors (Lipinski definition) is 6. The second-order valence-corrected chi connectivity index (χ2v) is 9.55. The summed E-state index contributed by atoms with van der Waals surface area (Å²) in [6.45, 7) is 2.53. The first-order chi connectivity index (χ1) is 15.2. The Hall–Kier alpha value is -2.66. The van der Waals surface area contributed by atoms with Crippen LogP contribution in [0.25, 0.3) is 0 Å². The summed E-state index contributed by atoms with van der Waals surface area (Å²) in [5, 5.41) is 15.3. The molecule has 0 aliphatic heterocycles. The van der Waals surface area contributed by atoms with Crippen molar-refractivity contribution < 1.29 is 13.3 Å². The van der Waals surface area contributed by atoms with E-state index in [1.54, 1.807) is 31.2 Å². The third kappa shape index (κ3) is 5.98. The zero-order valence-corrected chi connectivity index (χ0v) is 19.4. The van der Waals surface area contributed by atoms with E-state index in [1.165, 1.54) is 22.9 Å². The van der Waals surface area contributed by atoms with Crippen LogP contribution in [0.3, 0.4) is 0 Å². The number of benzene rings is 2. The second kappa shape index (κ2) is 10.3. The number of hydrogen-bond donors (Lipinski definition) is 2. The number of sulfonamides is 1. The van der Waals surface area contributed by atoms with Gasteiger partial charge in [0.25, 0.3) is 0 Å². The van der Waals surface area contributed by atoms with Crippen LogP contribution in [-0.2, 0) is 23.1 Å². The third-order valence-electron chi connectivity index (χ3n) is 4.73. The minimum Gasteiger partial charge on any atom is -0.381 e. The zero-order valence-electron chi connectivity index (χ0n) is 17.1. The van der Waals surface area contributed by atoms with Crippen LogP contribution in [-0.4, -0.2) is 29.4 Å². The molecule has 0 radical (unpaired) electrons. The van der Waals surface area contributed by atoms with E-state index in [4.69, 9.17) is 23.2 Å². The average Bonchev–Trinajstić information content (AvgIpc) is 3.11. The van der Waals surface area contributed by atoms with Gasteiger partial charge in [-0.05, 0) is 53.3 Å². The van der Waals surface area contributed by atoms with Crippen LogP contribution in [0, 0.1) is 17.0 Å². The van der Waals surface area contributed by atoms with E-state index < -0.39 is 14.9 Å². The van der Waals surface area contributed by atoms with Crippen molar-refractivity contribution in [1.29, 1.82) is 0 Å². The van der Waals surface area contributed by atoms with E-state index in [0.29, 0.717) is 28.8 Å². The minimum absolute atomic E-state index is 0.117. The molecule has 3 aromatic rings. The van der Waals surface area contributed by atoms with Gasteiger partial charge in [-0.2, -0.15) is 0 Å². The third-order valence-corrected chi connectivity index (χ3v) is 6.80. The van der Waals surface area contributed by atoms with Crippen LogP contribution in [0.2, 0.25) is 10.0 Å². The molecule has 0 saturated heterocycles. The summed E-state index contributed by atoms with van der Waals surface area (Å²) in [7, 11) is -3.71. The van der Waals surface area contributed by atoms with Crippen molar-refractivity contribution in [2.45, 2.75) is 31.3 Å². The van der Waals surface area contributed by atoms with Crippen molar-refractivity contribution in [1.82, 2.24) is 14.3 Å². The summed E-state index contributed by atoms with van der Waals surface area (Å²) in [5.74, 6) is 0.385. The maximum atomic E-state index is 12.5. The molecule has 12 heteroatoms. The van der Waals surface area contributed by atoms with Gasteiger partial charge in [0.1, 0.15) is 6.20 Å². The fourth-order valence-corrected chi connectivity index (χ4v) is 4.57. The highest BCUT2D eigenvalue weighted by atomic mass is 35.5. The van der Waals surface area contributed by atoms with Crippen molar-refractivity contribution in [2.24, 2.45) is 0 Å². The maximum absolute atomic E-state index is 12.5. The standard InChI is InChI=1S/C20H21Cl2N5O4S/c1-14-23-13-20(27(28)29)26(14)10-2-9-25-32(30,31)18-7-5-17(6-8-18)24-12-15-3-4-16(21)11-19(15)22/h3-8,11,13,24-25H,2,9-10,12H2,1H3. The topological polar surface area (TPSA) is 119 Å². The van der Waals surface area contributed by atoms with Crippen molar-refractivity contribution in [3.05, 3.63) is 80.2 Å². The van der Waals surface area contributed by atoms with Crippen molar-refractivity contribution in [3.63, 3.8) is 0 Å². The molecule has 1 heterocycles. The quantitative estimate of drug-likeness (QED) is 0.243. The molecule has 0 atom stereocenters. The number of aryl methyl sites for hydroxylation is 1. The van der Waals surface area contributed by atoms with Gasteiger partial charge in [-0.15, -0.1) is 0 Å². The number of nitrogens with zero attached hydrogens (tertiary/aromatic N) is 3. The van der Waals surface area contributed by atoms with E-state index in [2.05, 4.69) is 15.0 Å². The minimum atomic E-state index is -3.71. The number of anilines is 1. The van der Waals surface area contributed by atoms with Crippen LogP contribution in [0.5, 0.6) is 0 Å².